The fraction of sp³-hybridized carbons (Fsp3) is 0.185. The molecule has 1 atom stereocenters. The van der Waals surface area contributed by atoms with Crippen molar-refractivity contribution >= 4 is 46.3 Å². The summed E-state index contributed by atoms with van der Waals surface area (Å²) >= 11 is 5.73. The predicted octanol–water partition coefficient (Wildman–Crippen LogP) is 4.43. The van der Waals surface area contributed by atoms with E-state index in [1.54, 1.807) is 48.4 Å². The van der Waals surface area contributed by atoms with Gasteiger partial charge in [0.05, 0.1) is 19.2 Å². The van der Waals surface area contributed by atoms with Gasteiger partial charge in [-0.1, -0.05) is 42.5 Å². The Balaban J connectivity index is 1.63. The Kier molecular flexibility index (Phi) is 7.22. The lowest BCUT2D eigenvalue weighted by molar-refractivity contribution is -0.124. The Morgan fingerprint density at radius 1 is 1.00 bits per heavy atom. The smallest absolute Gasteiger partial charge is 0.256 e. The Hall–Kier alpha value is -4.04. The zero-order valence-electron chi connectivity index (χ0n) is 19.4. The van der Waals surface area contributed by atoms with Gasteiger partial charge >= 0.3 is 0 Å². The number of ether oxygens (including phenoxy) is 1. The maximum absolute atomic E-state index is 13.6. The minimum absolute atomic E-state index is 0.0765. The van der Waals surface area contributed by atoms with Crippen molar-refractivity contribution in [1.29, 1.82) is 0 Å². The van der Waals surface area contributed by atoms with Crippen LogP contribution < -0.4 is 15.0 Å². The van der Waals surface area contributed by atoms with E-state index in [0.717, 1.165) is 11.3 Å². The number of ketones is 1. The minimum atomic E-state index is -0.797. The van der Waals surface area contributed by atoms with E-state index in [1.807, 2.05) is 42.5 Å². The molecule has 7 nitrogen and oxygen atoms in total. The van der Waals surface area contributed by atoms with Crippen molar-refractivity contribution in [2.24, 2.45) is 0 Å². The number of hydrogen-bond acceptors (Lipinski definition) is 5. The molecule has 1 N–H and O–H groups in total. The number of amides is 2. The second kappa shape index (κ2) is 10.5. The highest BCUT2D eigenvalue weighted by atomic mass is 32.1. The number of carbonyl (C=O) groups excluding carboxylic acids is 3. The monoisotopic (exact) mass is 487 g/mol. The Morgan fingerprint density at radius 3 is 2.37 bits per heavy atom. The van der Waals surface area contributed by atoms with Gasteiger partial charge in [0.25, 0.3) is 5.91 Å². The van der Waals surface area contributed by atoms with Crippen molar-refractivity contribution in [2.45, 2.75) is 25.9 Å². The molecule has 4 rings (SSSR count). The van der Waals surface area contributed by atoms with E-state index in [0.29, 0.717) is 23.5 Å². The van der Waals surface area contributed by atoms with Crippen LogP contribution in [-0.2, 0) is 16.1 Å². The number of hydrogen-bond donors (Lipinski definition) is 1. The summed E-state index contributed by atoms with van der Waals surface area (Å²) in [6.07, 6.45) is -0.0765. The number of rotatable bonds is 8. The van der Waals surface area contributed by atoms with E-state index < -0.39 is 6.04 Å². The molecule has 178 valence electrons. The van der Waals surface area contributed by atoms with E-state index in [4.69, 9.17) is 17.0 Å². The molecule has 0 aliphatic carbocycles. The summed E-state index contributed by atoms with van der Waals surface area (Å²) in [4.78, 5) is 41.5. The molecule has 0 unspecified atom stereocenters. The summed E-state index contributed by atoms with van der Waals surface area (Å²) in [7, 11) is 1.59. The van der Waals surface area contributed by atoms with E-state index in [2.05, 4.69) is 5.32 Å². The van der Waals surface area contributed by atoms with E-state index in [-0.39, 0.29) is 29.1 Å². The molecular weight excluding hydrogens is 462 g/mol. The molecule has 1 aliphatic heterocycles. The van der Waals surface area contributed by atoms with Crippen LogP contribution in [0, 0.1) is 0 Å². The highest BCUT2D eigenvalue weighted by molar-refractivity contribution is 7.80. The highest BCUT2D eigenvalue weighted by Gasteiger charge is 2.44. The van der Waals surface area contributed by atoms with E-state index in [1.165, 1.54) is 11.8 Å². The number of benzene rings is 3. The number of carbonyl (C=O) groups is 3. The molecule has 1 fully saturated rings. The third-order valence-electron chi connectivity index (χ3n) is 5.78. The summed E-state index contributed by atoms with van der Waals surface area (Å²) in [5.41, 5.74) is 2.54. The number of methoxy groups -OCH3 is 1. The molecule has 1 heterocycles. The van der Waals surface area contributed by atoms with Gasteiger partial charge in [-0.2, -0.15) is 0 Å². The normalized spacial score (nSPS) is 15.3. The molecule has 0 bridgehead atoms. The average Bonchev–Trinajstić information content (AvgIpc) is 3.09. The van der Waals surface area contributed by atoms with Crippen LogP contribution in [0.3, 0.4) is 0 Å². The lowest BCUT2D eigenvalue weighted by Gasteiger charge is -2.24. The fourth-order valence-electron chi connectivity index (χ4n) is 3.95. The first kappa shape index (κ1) is 24.1. The molecule has 1 aliphatic rings. The van der Waals surface area contributed by atoms with Crippen LogP contribution in [-0.4, -0.2) is 40.8 Å². The zero-order valence-corrected chi connectivity index (χ0v) is 20.2. The topological polar surface area (TPSA) is 79.0 Å². The number of nitrogens with zero attached hydrogens (tertiary/aromatic N) is 2. The van der Waals surface area contributed by atoms with Crippen LogP contribution in [0.25, 0.3) is 0 Å². The van der Waals surface area contributed by atoms with Gasteiger partial charge in [-0.15, -0.1) is 0 Å². The van der Waals surface area contributed by atoms with Gasteiger partial charge in [0.2, 0.25) is 5.91 Å². The zero-order chi connectivity index (χ0) is 24.9. The second-order valence-electron chi connectivity index (χ2n) is 8.17. The summed E-state index contributed by atoms with van der Waals surface area (Å²) in [5, 5.41) is 3.12. The summed E-state index contributed by atoms with van der Waals surface area (Å²) in [5.74, 6) is -0.00239. The maximum atomic E-state index is 13.6. The van der Waals surface area contributed by atoms with Gasteiger partial charge in [-0.3, -0.25) is 19.3 Å². The van der Waals surface area contributed by atoms with Gasteiger partial charge in [0, 0.05) is 17.8 Å². The number of anilines is 2. The van der Waals surface area contributed by atoms with Crippen LogP contribution in [0.4, 0.5) is 11.4 Å². The Bertz CT molecular complexity index is 1260. The largest absolute Gasteiger partial charge is 0.497 e. The first-order valence-corrected chi connectivity index (χ1v) is 11.5. The molecule has 35 heavy (non-hydrogen) atoms. The van der Waals surface area contributed by atoms with Gasteiger partial charge < -0.3 is 15.0 Å². The molecule has 2 amide bonds. The lowest BCUT2D eigenvalue weighted by Crippen LogP contribution is -2.37. The van der Waals surface area contributed by atoms with E-state index >= 15 is 0 Å². The Morgan fingerprint density at radius 2 is 1.71 bits per heavy atom. The quantitative estimate of drug-likeness (QED) is 0.374. The molecule has 8 heteroatoms. The van der Waals surface area contributed by atoms with Crippen molar-refractivity contribution in [3.63, 3.8) is 0 Å². The first-order valence-electron chi connectivity index (χ1n) is 11.1. The minimum Gasteiger partial charge on any atom is -0.497 e. The van der Waals surface area contributed by atoms with E-state index in [9.17, 15) is 14.4 Å². The Labute approximate surface area is 209 Å². The van der Waals surface area contributed by atoms with Crippen molar-refractivity contribution < 1.29 is 19.1 Å². The van der Waals surface area contributed by atoms with Crippen LogP contribution in [0.15, 0.2) is 78.9 Å². The molecule has 1 saturated heterocycles. The third kappa shape index (κ3) is 5.38. The molecule has 0 aromatic heterocycles. The van der Waals surface area contributed by atoms with Crippen LogP contribution in [0.2, 0.25) is 0 Å². The maximum Gasteiger partial charge on any atom is 0.256 e. The highest BCUT2D eigenvalue weighted by Crippen LogP contribution is 2.30. The number of para-hydroxylation sites is 1. The molecular formula is C27H25N3O4S. The van der Waals surface area contributed by atoms with Crippen molar-refractivity contribution in [3.05, 3.63) is 90.0 Å². The SMILES string of the molecule is COc1ccc(CN2C(=S)N(c3cccc(C(C)=O)c3)C(=O)[C@@H]2CC(=O)Nc2ccccc2)cc1. The molecule has 3 aromatic rings. The molecule has 0 saturated carbocycles. The molecule has 0 spiro atoms. The average molecular weight is 488 g/mol. The summed E-state index contributed by atoms with van der Waals surface area (Å²) in [6, 6.07) is 22.5. The molecule has 0 radical (unpaired) electrons. The second-order valence-corrected chi connectivity index (χ2v) is 8.54. The standard InChI is InChI=1S/C27H25N3O4S/c1-18(31)20-7-6-10-22(15-20)30-26(33)24(16-25(32)28-21-8-4-3-5-9-21)29(27(30)35)17-19-11-13-23(34-2)14-12-19/h3-15,24H,16-17H2,1-2H3,(H,28,32)/t24-/m0/s1. The van der Waals surface area contributed by atoms with Crippen LogP contribution >= 0.6 is 12.2 Å². The third-order valence-corrected chi connectivity index (χ3v) is 6.19. The van der Waals surface area contributed by atoms with Crippen molar-refractivity contribution in [1.82, 2.24) is 4.90 Å². The fourth-order valence-corrected chi connectivity index (χ4v) is 4.34. The van der Waals surface area contributed by atoms with Crippen LogP contribution in [0.5, 0.6) is 5.75 Å². The van der Waals surface area contributed by atoms with Crippen molar-refractivity contribution in [2.75, 3.05) is 17.3 Å². The number of thiocarbonyl (C=S) groups is 1. The first-order chi connectivity index (χ1) is 16.9. The van der Waals surface area contributed by atoms with Gasteiger partial charge in [-0.05, 0) is 61.1 Å². The number of nitrogens with one attached hydrogen (secondary N) is 1. The van der Waals surface area contributed by atoms with Gasteiger partial charge in [-0.25, -0.2) is 0 Å². The summed E-state index contributed by atoms with van der Waals surface area (Å²) < 4.78 is 5.23. The lowest BCUT2D eigenvalue weighted by atomic mass is 10.1. The van der Waals surface area contributed by atoms with Gasteiger partial charge in [0.1, 0.15) is 11.8 Å². The van der Waals surface area contributed by atoms with Crippen molar-refractivity contribution in [3.8, 4) is 5.75 Å². The predicted molar refractivity (Wildman–Crippen MR) is 139 cm³/mol. The number of Topliss-reactive ketones (excluding diaryl/α,β-unsaturated/α-hetero) is 1. The van der Waals surface area contributed by atoms with Gasteiger partial charge in [0.15, 0.2) is 10.9 Å². The summed E-state index contributed by atoms with van der Waals surface area (Å²) in [6.45, 7) is 1.80. The van der Waals surface area contributed by atoms with Crippen LogP contribution in [0.1, 0.15) is 29.3 Å². The molecule has 3 aromatic carbocycles.